The van der Waals surface area contributed by atoms with Gasteiger partial charge in [0.25, 0.3) is 0 Å². The average molecular weight is 494 g/mol. The minimum Gasteiger partial charge on any atom is -1.00 e. The second kappa shape index (κ2) is 17.0. The molecule has 0 bridgehead atoms. The summed E-state index contributed by atoms with van der Waals surface area (Å²) in [6.07, 6.45) is -0.0438. The van der Waals surface area contributed by atoms with Gasteiger partial charge in [-0.05, 0) is 60.5 Å². The molecular formula is C17H38BrCrN4O4. The molecule has 6 N–H and O–H groups in total. The third-order valence-electron chi connectivity index (χ3n) is 4.08. The molecule has 0 aliphatic carbocycles. The number of hydrogen-bond acceptors (Lipinski definition) is 7. The van der Waals surface area contributed by atoms with Crippen molar-refractivity contribution in [1.82, 2.24) is 21.3 Å². The van der Waals surface area contributed by atoms with E-state index in [4.69, 9.17) is 15.0 Å². The van der Waals surface area contributed by atoms with Gasteiger partial charge < -0.3 is 58.7 Å². The third kappa shape index (κ3) is 22.2. The quantitative estimate of drug-likeness (QED) is 0.265. The van der Waals surface area contributed by atoms with E-state index in [9.17, 15) is 0 Å². The molecule has 2 atom stereocenters. The van der Waals surface area contributed by atoms with Crippen LogP contribution in [0.2, 0.25) is 0 Å². The molecule has 0 aromatic heterocycles. The molecule has 1 saturated heterocycles. The molecule has 27 heavy (non-hydrogen) atoms. The fourth-order valence-electron chi connectivity index (χ4n) is 3.26. The number of nitrogens with one attached hydrogen (secondary N) is 4. The van der Waals surface area contributed by atoms with Gasteiger partial charge in [-0.15, -0.1) is 0 Å². The third-order valence-corrected chi connectivity index (χ3v) is 4.08. The fraction of sp³-hybridized carbons (Fsp3) is 0.941. The fourth-order valence-corrected chi connectivity index (χ4v) is 3.26. The minimum absolute atomic E-state index is 0. The van der Waals surface area contributed by atoms with Crippen molar-refractivity contribution in [2.75, 3.05) is 26.2 Å². The van der Waals surface area contributed by atoms with Crippen LogP contribution in [-0.4, -0.2) is 61.0 Å². The zero-order chi connectivity index (χ0) is 18.8. The van der Waals surface area contributed by atoms with Crippen LogP contribution in [0.3, 0.4) is 0 Å². The van der Waals surface area contributed by atoms with Crippen molar-refractivity contribution < 1.29 is 54.8 Å². The summed E-state index contributed by atoms with van der Waals surface area (Å²) in [6, 6.07) is 1.08. The van der Waals surface area contributed by atoms with Gasteiger partial charge in [0, 0.05) is 49.3 Å². The summed E-state index contributed by atoms with van der Waals surface area (Å²) in [7, 11) is 0. The largest absolute Gasteiger partial charge is 3.00 e. The van der Waals surface area contributed by atoms with E-state index in [0.29, 0.717) is 12.1 Å². The van der Waals surface area contributed by atoms with Crippen LogP contribution in [0.25, 0.3) is 0 Å². The van der Waals surface area contributed by atoms with Gasteiger partial charge in [0.05, 0.1) is 0 Å². The summed E-state index contributed by atoms with van der Waals surface area (Å²) < 4.78 is 0. The van der Waals surface area contributed by atoms with Gasteiger partial charge in [-0.2, -0.15) is 0 Å². The smallest absolute Gasteiger partial charge is 1.00 e. The molecular weight excluding hydrogens is 456 g/mol. The molecule has 1 radical (unpaired) electrons. The monoisotopic (exact) mass is 493 g/mol. The van der Waals surface area contributed by atoms with Crippen molar-refractivity contribution in [3.05, 3.63) is 0 Å². The number of halogens is 1. The molecule has 0 unspecified atom stereocenters. The molecule has 8 nitrogen and oxygen atoms in total. The number of carboxylic acid groups (broad SMARTS) is 2. The molecule has 0 aromatic carbocycles. The second-order valence-electron chi connectivity index (χ2n) is 7.99. The Morgan fingerprint density at radius 1 is 0.815 bits per heavy atom. The van der Waals surface area contributed by atoms with Crippen molar-refractivity contribution >= 4 is 6.16 Å². The van der Waals surface area contributed by atoms with Crippen LogP contribution < -0.4 is 48.5 Å². The molecule has 0 spiro atoms. The first-order valence-corrected chi connectivity index (χ1v) is 8.78. The molecule has 0 saturated carbocycles. The first kappa shape index (κ1) is 34.6. The second-order valence-corrected chi connectivity index (χ2v) is 7.99. The normalized spacial score (nSPS) is 25.6. The van der Waals surface area contributed by atoms with E-state index in [1.54, 1.807) is 0 Å². The van der Waals surface area contributed by atoms with Crippen LogP contribution in [0.5, 0.6) is 0 Å². The topological polar surface area (TPSA) is 143 Å². The van der Waals surface area contributed by atoms with E-state index in [-0.39, 0.29) is 50.9 Å². The van der Waals surface area contributed by atoms with Crippen molar-refractivity contribution in [2.24, 2.45) is 0 Å². The standard InChI is InChI=1S/C16H36N4.CH2O3.BrH.Cr.H2O/c1-13-11-15(3,4)19-10-8-18-14(2)12-16(5,6)20-9-7-17-13;2-1(3)4;;;/h13-14,17-20H,7-12H2,1-6H3;(H2,2,3,4);1H;;1H2/q;;;+3;/p-3/t13-,14-;;;;/m0..../s1. The number of carbonyl (C=O) groups excluding carboxylic acids is 1. The summed E-state index contributed by atoms with van der Waals surface area (Å²) in [5, 5.41) is 31.2. The molecule has 1 aliphatic rings. The van der Waals surface area contributed by atoms with E-state index in [0.717, 1.165) is 39.0 Å². The Bertz CT molecular complexity index is 345. The zero-order valence-corrected chi connectivity index (χ0v) is 20.3. The number of hydrogen-bond donors (Lipinski definition) is 4. The maximum atomic E-state index is 8.33. The van der Waals surface area contributed by atoms with Gasteiger partial charge >= 0.3 is 17.4 Å². The van der Waals surface area contributed by atoms with Crippen molar-refractivity contribution in [3.63, 3.8) is 0 Å². The molecule has 1 heterocycles. The van der Waals surface area contributed by atoms with Crippen LogP contribution >= 0.6 is 0 Å². The summed E-state index contributed by atoms with van der Waals surface area (Å²) in [5.74, 6) is 0. The maximum Gasteiger partial charge on any atom is 3.00 e. The average Bonchev–Trinajstić information content (AvgIpc) is 2.37. The Hall–Kier alpha value is 0.0825. The molecule has 1 aliphatic heterocycles. The predicted molar refractivity (Wildman–Crippen MR) is 97.3 cm³/mol. The molecule has 0 aromatic rings. The molecule has 163 valence electrons. The van der Waals surface area contributed by atoms with Gasteiger partial charge in [-0.1, -0.05) is 0 Å². The molecule has 0 amide bonds. The van der Waals surface area contributed by atoms with Gasteiger partial charge in [0.15, 0.2) is 0 Å². The molecule has 1 fully saturated rings. The summed E-state index contributed by atoms with van der Waals surface area (Å²) >= 11 is 0. The molecule has 10 heteroatoms. The Morgan fingerprint density at radius 2 is 1.07 bits per heavy atom. The van der Waals surface area contributed by atoms with Crippen molar-refractivity contribution in [2.45, 2.75) is 77.5 Å². The first-order chi connectivity index (χ1) is 10.9. The SMILES string of the molecule is C[C@H]1CC(C)(C)NCCN[C@@H](C)CC(C)(C)NCCN1.O.O=C([O-])[O-].[Br-].[Cr+3]. The maximum absolute atomic E-state index is 8.33. The Kier molecular flexibility index (Phi) is 21.8. The first-order valence-electron chi connectivity index (χ1n) is 8.78. The van der Waals surface area contributed by atoms with Gasteiger partial charge in [-0.3, -0.25) is 0 Å². The van der Waals surface area contributed by atoms with E-state index in [1.807, 2.05) is 0 Å². The van der Waals surface area contributed by atoms with Crippen LogP contribution in [-0.2, 0) is 17.4 Å². The van der Waals surface area contributed by atoms with Gasteiger partial charge in [-0.25, -0.2) is 0 Å². The van der Waals surface area contributed by atoms with E-state index in [1.165, 1.54) is 0 Å². The minimum atomic E-state index is -2.33. The number of carbonyl (C=O) groups is 1. The zero-order valence-electron chi connectivity index (χ0n) is 17.4. The summed E-state index contributed by atoms with van der Waals surface area (Å²) in [4.78, 5) is 8.33. The van der Waals surface area contributed by atoms with E-state index in [2.05, 4.69) is 62.8 Å². The van der Waals surface area contributed by atoms with Gasteiger partial charge in [0.2, 0.25) is 0 Å². The van der Waals surface area contributed by atoms with Crippen LogP contribution in [0.1, 0.15) is 54.4 Å². The number of rotatable bonds is 0. The Morgan fingerprint density at radius 3 is 1.33 bits per heavy atom. The Balaban J connectivity index is -0.000000344. The predicted octanol–water partition coefficient (Wildman–Crippen LogP) is -4.80. The van der Waals surface area contributed by atoms with E-state index >= 15 is 0 Å². The van der Waals surface area contributed by atoms with Crippen molar-refractivity contribution in [1.29, 1.82) is 0 Å². The van der Waals surface area contributed by atoms with Gasteiger partial charge in [0.1, 0.15) is 0 Å². The van der Waals surface area contributed by atoms with Crippen LogP contribution in [0.4, 0.5) is 4.79 Å². The summed E-state index contributed by atoms with van der Waals surface area (Å²) in [6.45, 7) is 17.8. The Labute approximate surface area is 185 Å². The molecule has 1 rings (SSSR count). The summed E-state index contributed by atoms with van der Waals surface area (Å²) in [5.41, 5.74) is 0.377. The van der Waals surface area contributed by atoms with Crippen LogP contribution in [0.15, 0.2) is 0 Å². The van der Waals surface area contributed by atoms with E-state index < -0.39 is 6.16 Å². The van der Waals surface area contributed by atoms with Crippen molar-refractivity contribution in [3.8, 4) is 0 Å². The van der Waals surface area contributed by atoms with Crippen LogP contribution in [0, 0.1) is 0 Å².